The lowest BCUT2D eigenvalue weighted by atomic mass is 10.1. The summed E-state index contributed by atoms with van der Waals surface area (Å²) in [6, 6.07) is 9.72. The molecular weight excluding hydrogens is 490 g/mol. The summed E-state index contributed by atoms with van der Waals surface area (Å²) in [4.78, 5) is 63.4. The van der Waals surface area contributed by atoms with Crippen molar-refractivity contribution in [3.8, 4) is 6.07 Å². The standard InChI is InChI=1S/C26H27N7O5/c1-26(2,3)38-21(34)15-33-22-19(30-20(14-28-22)32-10-9-31(4)25(32)37)11-18(24(33)36)23(35)29-13-17-7-5-16(12-27)6-8-17/h5-8,11,14H,9-10,13,15H2,1-4H3,(H,29,35). The second kappa shape index (κ2) is 10.3. The highest BCUT2D eigenvalue weighted by atomic mass is 16.6. The number of carbonyl (C=O) groups is 3. The van der Waals surface area contributed by atoms with Crippen molar-refractivity contribution in [2.75, 3.05) is 25.0 Å². The fourth-order valence-corrected chi connectivity index (χ4v) is 3.91. The number of nitrogens with one attached hydrogen (secondary N) is 1. The molecule has 4 rings (SSSR count). The average Bonchev–Trinajstić information content (AvgIpc) is 3.20. The molecule has 1 aliphatic rings. The van der Waals surface area contributed by atoms with E-state index in [2.05, 4.69) is 15.3 Å². The first kappa shape index (κ1) is 26.3. The van der Waals surface area contributed by atoms with E-state index in [9.17, 15) is 19.2 Å². The van der Waals surface area contributed by atoms with Crippen LogP contribution in [0.3, 0.4) is 0 Å². The average molecular weight is 518 g/mol. The van der Waals surface area contributed by atoms with Crippen molar-refractivity contribution in [2.45, 2.75) is 39.5 Å². The minimum absolute atomic E-state index is 0.0771. The topological polar surface area (TPSA) is 151 Å². The number of nitrogens with zero attached hydrogens (tertiary/aromatic N) is 6. The third kappa shape index (κ3) is 5.62. The zero-order valence-corrected chi connectivity index (χ0v) is 21.5. The molecule has 1 aromatic carbocycles. The number of urea groups is 1. The molecule has 12 heteroatoms. The number of pyridine rings is 1. The number of ether oxygens (including phenoxy) is 1. The number of hydrogen-bond donors (Lipinski definition) is 1. The SMILES string of the molecule is CN1CCN(c2cnc3c(cc(C(=O)NCc4ccc(C#N)cc4)c(=O)n3CC(=O)OC(C)(C)C)n2)C1=O. The predicted molar refractivity (Wildman–Crippen MR) is 137 cm³/mol. The molecule has 0 unspecified atom stereocenters. The fraction of sp³-hybridized carbons (Fsp3) is 0.346. The van der Waals surface area contributed by atoms with Crippen LogP contribution in [-0.4, -0.2) is 63.1 Å². The van der Waals surface area contributed by atoms with Gasteiger partial charge in [-0.15, -0.1) is 0 Å². The minimum Gasteiger partial charge on any atom is -0.459 e. The third-order valence-electron chi connectivity index (χ3n) is 5.76. The van der Waals surface area contributed by atoms with Crippen LogP contribution in [0.5, 0.6) is 0 Å². The summed E-state index contributed by atoms with van der Waals surface area (Å²) < 4.78 is 6.42. The van der Waals surface area contributed by atoms with E-state index in [1.807, 2.05) is 6.07 Å². The zero-order chi connectivity index (χ0) is 27.6. The molecule has 38 heavy (non-hydrogen) atoms. The molecule has 0 radical (unpaired) electrons. The van der Waals surface area contributed by atoms with Gasteiger partial charge in [0, 0.05) is 26.7 Å². The molecule has 12 nitrogen and oxygen atoms in total. The van der Waals surface area contributed by atoms with E-state index in [1.54, 1.807) is 52.1 Å². The highest BCUT2D eigenvalue weighted by molar-refractivity contribution is 5.97. The molecule has 3 heterocycles. The van der Waals surface area contributed by atoms with E-state index >= 15 is 0 Å². The van der Waals surface area contributed by atoms with Crippen LogP contribution in [0.1, 0.15) is 42.3 Å². The van der Waals surface area contributed by atoms with Gasteiger partial charge in [0.15, 0.2) is 11.5 Å². The Labute approximate surface area is 218 Å². The van der Waals surface area contributed by atoms with Gasteiger partial charge >= 0.3 is 12.0 Å². The largest absolute Gasteiger partial charge is 0.459 e. The van der Waals surface area contributed by atoms with Crippen LogP contribution in [0.2, 0.25) is 0 Å². The Balaban J connectivity index is 1.72. The molecule has 3 amide bonds. The van der Waals surface area contributed by atoms with Crippen molar-refractivity contribution in [2.24, 2.45) is 0 Å². The van der Waals surface area contributed by atoms with Gasteiger partial charge in [-0.2, -0.15) is 5.26 Å². The highest BCUT2D eigenvalue weighted by Crippen LogP contribution is 2.20. The number of likely N-dealkylation sites (N-methyl/N-ethyl adjacent to an activating group) is 1. The lowest BCUT2D eigenvalue weighted by Gasteiger charge is -2.20. The number of hydrogen-bond acceptors (Lipinski definition) is 8. The number of nitriles is 1. The molecule has 196 valence electrons. The van der Waals surface area contributed by atoms with E-state index < -0.39 is 29.6 Å². The third-order valence-corrected chi connectivity index (χ3v) is 5.76. The first-order valence-electron chi connectivity index (χ1n) is 11.9. The molecule has 0 aliphatic carbocycles. The fourth-order valence-electron chi connectivity index (χ4n) is 3.91. The predicted octanol–water partition coefficient (Wildman–Crippen LogP) is 1.81. The normalized spacial score (nSPS) is 13.5. The zero-order valence-electron chi connectivity index (χ0n) is 21.5. The number of amides is 3. The van der Waals surface area contributed by atoms with Crippen molar-refractivity contribution < 1.29 is 19.1 Å². The van der Waals surface area contributed by atoms with Crippen molar-refractivity contribution in [3.63, 3.8) is 0 Å². The van der Waals surface area contributed by atoms with Gasteiger partial charge in [-0.3, -0.25) is 23.9 Å². The maximum absolute atomic E-state index is 13.4. The Hall–Kier alpha value is -4.79. The molecule has 0 atom stereocenters. The van der Waals surface area contributed by atoms with E-state index in [-0.39, 0.29) is 35.1 Å². The van der Waals surface area contributed by atoms with Crippen molar-refractivity contribution in [3.05, 3.63) is 63.6 Å². The van der Waals surface area contributed by atoms with Crippen molar-refractivity contribution in [1.29, 1.82) is 5.26 Å². The number of carbonyl (C=O) groups excluding carboxylic acids is 3. The number of aromatic nitrogens is 3. The first-order chi connectivity index (χ1) is 18.0. The quantitative estimate of drug-likeness (QED) is 0.486. The van der Waals surface area contributed by atoms with E-state index in [1.165, 1.54) is 22.1 Å². The summed E-state index contributed by atoms with van der Waals surface area (Å²) in [7, 11) is 1.67. The number of rotatable bonds is 6. The molecule has 0 bridgehead atoms. The maximum atomic E-state index is 13.4. The van der Waals surface area contributed by atoms with Crippen LogP contribution in [0.15, 0.2) is 41.3 Å². The summed E-state index contributed by atoms with van der Waals surface area (Å²) in [6.07, 6.45) is 1.36. The molecule has 3 aromatic rings. The molecule has 0 spiro atoms. The Morgan fingerprint density at radius 3 is 2.47 bits per heavy atom. The summed E-state index contributed by atoms with van der Waals surface area (Å²) >= 11 is 0. The number of anilines is 1. The summed E-state index contributed by atoms with van der Waals surface area (Å²) in [6.45, 7) is 5.65. The van der Waals surface area contributed by atoms with Crippen LogP contribution in [0, 0.1) is 11.3 Å². The van der Waals surface area contributed by atoms with Gasteiger partial charge in [-0.05, 0) is 44.5 Å². The molecule has 2 aromatic heterocycles. The van der Waals surface area contributed by atoms with Gasteiger partial charge in [-0.25, -0.2) is 14.8 Å². The smallest absolute Gasteiger partial charge is 0.326 e. The van der Waals surface area contributed by atoms with Gasteiger partial charge in [-0.1, -0.05) is 12.1 Å². The molecule has 1 fully saturated rings. The monoisotopic (exact) mass is 517 g/mol. The lowest BCUT2D eigenvalue weighted by molar-refractivity contribution is -0.155. The molecule has 1 aliphatic heterocycles. The molecule has 1 N–H and O–H groups in total. The lowest BCUT2D eigenvalue weighted by Crippen LogP contribution is -2.36. The van der Waals surface area contributed by atoms with Crippen LogP contribution >= 0.6 is 0 Å². The maximum Gasteiger partial charge on any atom is 0.326 e. The van der Waals surface area contributed by atoms with Gasteiger partial charge in [0.05, 0.1) is 17.8 Å². The van der Waals surface area contributed by atoms with Crippen molar-refractivity contribution >= 4 is 34.9 Å². The Morgan fingerprint density at radius 2 is 1.87 bits per heavy atom. The number of esters is 1. The Bertz CT molecular complexity index is 1520. The van der Waals surface area contributed by atoms with Gasteiger partial charge in [0.25, 0.3) is 11.5 Å². The van der Waals surface area contributed by atoms with Crippen LogP contribution < -0.4 is 15.8 Å². The molecular formula is C26H27N7O5. The second-order valence-electron chi connectivity index (χ2n) is 9.82. The Kier molecular flexibility index (Phi) is 7.12. The molecule has 1 saturated heterocycles. The highest BCUT2D eigenvalue weighted by Gasteiger charge is 2.29. The van der Waals surface area contributed by atoms with Gasteiger partial charge in [0.1, 0.15) is 23.2 Å². The van der Waals surface area contributed by atoms with Gasteiger partial charge < -0.3 is 15.0 Å². The summed E-state index contributed by atoms with van der Waals surface area (Å²) in [5.74, 6) is -1.10. The van der Waals surface area contributed by atoms with E-state index in [0.29, 0.717) is 18.7 Å². The van der Waals surface area contributed by atoms with Gasteiger partial charge in [0.2, 0.25) is 0 Å². The minimum atomic E-state index is -0.784. The van der Waals surface area contributed by atoms with Crippen LogP contribution in [-0.2, 0) is 22.6 Å². The first-order valence-corrected chi connectivity index (χ1v) is 11.9. The van der Waals surface area contributed by atoms with E-state index in [4.69, 9.17) is 10.00 Å². The number of benzene rings is 1. The van der Waals surface area contributed by atoms with E-state index in [0.717, 1.165) is 10.1 Å². The Morgan fingerprint density at radius 1 is 1.16 bits per heavy atom. The van der Waals surface area contributed by atoms with Crippen LogP contribution in [0.25, 0.3) is 11.2 Å². The summed E-state index contributed by atoms with van der Waals surface area (Å²) in [5.41, 5.74) is -0.314. The number of fused-ring (bicyclic) bond motifs is 1. The molecule has 0 saturated carbocycles. The van der Waals surface area contributed by atoms with Crippen LogP contribution in [0.4, 0.5) is 10.6 Å². The summed E-state index contributed by atoms with van der Waals surface area (Å²) in [5, 5.41) is 11.6. The second-order valence-corrected chi connectivity index (χ2v) is 9.82. The van der Waals surface area contributed by atoms with Crippen molar-refractivity contribution in [1.82, 2.24) is 24.8 Å².